The van der Waals surface area contributed by atoms with Gasteiger partial charge in [-0.05, 0) is 66.6 Å². The molecular weight excluding hydrogens is 236 g/mol. The van der Waals surface area contributed by atoms with Gasteiger partial charge in [-0.1, -0.05) is 12.2 Å². The van der Waals surface area contributed by atoms with Gasteiger partial charge >= 0.3 is 0 Å². The van der Waals surface area contributed by atoms with Crippen LogP contribution in [0, 0.1) is 47.3 Å². The Balaban J connectivity index is 1.68. The van der Waals surface area contributed by atoms with Gasteiger partial charge in [-0.3, -0.25) is 0 Å². The van der Waals surface area contributed by atoms with Crippen molar-refractivity contribution in [3.05, 3.63) is 25.3 Å². The van der Waals surface area contributed by atoms with E-state index in [1.165, 1.54) is 6.42 Å². The summed E-state index contributed by atoms with van der Waals surface area (Å²) in [4.78, 5) is 0. The van der Waals surface area contributed by atoms with Crippen LogP contribution in [0.15, 0.2) is 25.3 Å². The van der Waals surface area contributed by atoms with Crippen LogP contribution in [0.25, 0.3) is 0 Å². The maximum absolute atomic E-state index is 11.3. The summed E-state index contributed by atoms with van der Waals surface area (Å²) in [6.45, 7) is 7.70. The topological polar surface area (TPSA) is 40.5 Å². The summed E-state index contributed by atoms with van der Waals surface area (Å²) in [7, 11) is 0. The Labute approximate surface area is 114 Å². The second kappa shape index (κ2) is 2.87. The number of rotatable bonds is 4. The average molecular weight is 258 g/mol. The first kappa shape index (κ1) is 11.1. The van der Waals surface area contributed by atoms with E-state index in [0.717, 1.165) is 0 Å². The highest BCUT2D eigenvalue weighted by Crippen LogP contribution is 2.88. The Kier molecular flexibility index (Phi) is 1.68. The zero-order valence-corrected chi connectivity index (χ0v) is 11.2. The highest BCUT2D eigenvalue weighted by Gasteiger charge is 2.90. The van der Waals surface area contributed by atoms with Gasteiger partial charge in [0.15, 0.2) is 0 Å². The van der Waals surface area contributed by atoms with Gasteiger partial charge in [0.25, 0.3) is 0 Å². The Hall–Kier alpha value is -0.600. The molecule has 0 aromatic rings. The molecule has 10 unspecified atom stereocenters. The first-order valence-electron chi connectivity index (χ1n) is 7.76. The molecule has 0 saturated heterocycles. The van der Waals surface area contributed by atoms with E-state index in [0.29, 0.717) is 60.2 Å². The molecule has 5 aliphatic rings. The van der Waals surface area contributed by atoms with E-state index in [4.69, 9.17) is 0 Å². The van der Waals surface area contributed by atoms with E-state index in [9.17, 15) is 10.2 Å². The monoisotopic (exact) mass is 258 g/mol. The summed E-state index contributed by atoms with van der Waals surface area (Å²) in [5.41, 5.74) is -1.11. The largest absolute Gasteiger partial charge is 0.389 e. The van der Waals surface area contributed by atoms with Crippen molar-refractivity contribution in [1.82, 2.24) is 0 Å². The minimum absolute atomic E-state index is 0.324. The lowest BCUT2D eigenvalue weighted by Crippen LogP contribution is -2.63. The zero-order chi connectivity index (χ0) is 13.2. The zero-order valence-electron chi connectivity index (χ0n) is 11.2. The number of aliphatic hydroxyl groups is 2. The summed E-state index contributed by atoms with van der Waals surface area (Å²) >= 11 is 0. The molecular formula is C17H22O2. The molecule has 0 radical (unpaired) electrons. The third kappa shape index (κ3) is 0.809. The first-order chi connectivity index (χ1) is 9.09. The van der Waals surface area contributed by atoms with E-state index >= 15 is 0 Å². The summed E-state index contributed by atoms with van der Waals surface area (Å²) in [5.74, 6) is 4.10. The molecule has 0 aromatic heterocycles. The van der Waals surface area contributed by atoms with Crippen LogP contribution in [0.1, 0.15) is 19.3 Å². The van der Waals surface area contributed by atoms with Gasteiger partial charge < -0.3 is 10.2 Å². The summed E-state index contributed by atoms with van der Waals surface area (Å²) in [6, 6.07) is 0. The SMILES string of the molecule is C=CCC1(O)C2C3CC4C5C3C1C5C(O)(CC=C)C42. The third-order valence-electron chi connectivity index (χ3n) is 7.75. The lowest BCUT2D eigenvalue weighted by molar-refractivity contribution is -0.212. The van der Waals surface area contributed by atoms with Gasteiger partial charge in [-0.25, -0.2) is 0 Å². The molecule has 19 heavy (non-hydrogen) atoms. The average Bonchev–Trinajstić information content (AvgIpc) is 2.80. The molecule has 5 saturated carbocycles. The van der Waals surface area contributed by atoms with Crippen LogP contribution in [0.3, 0.4) is 0 Å². The maximum Gasteiger partial charge on any atom is 0.0751 e. The standard InChI is InChI=1S/C17H22O2/c1-3-5-16(18)12-8-7-9-11-10(8)14(16)15(11)17(19,6-4-2)13(9)12/h3-4,8-15,18-19H,1-2,5-7H2. The van der Waals surface area contributed by atoms with Gasteiger partial charge in [-0.15, -0.1) is 13.2 Å². The molecule has 2 heteroatoms. The van der Waals surface area contributed by atoms with Crippen molar-refractivity contribution in [2.45, 2.75) is 30.5 Å². The fourth-order valence-electron chi connectivity index (χ4n) is 7.95. The van der Waals surface area contributed by atoms with Crippen molar-refractivity contribution in [3.63, 3.8) is 0 Å². The summed E-state index contributed by atoms with van der Waals surface area (Å²) in [5, 5.41) is 22.5. The maximum atomic E-state index is 11.3. The van der Waals surface area contributed by atoms with Crippen molar-refractivity contribution in [2.24, 2.45) is 47.3 Å². The van der Waals surface area contributed by atoms with E-state index < -0.39 is 11.2 Å². The Morgan fingerprint density at radius 2 is 1.26 bits per heavy atom. The van der Waals surface area contributed by atoms with Gasteiger partial charge in [0, 0.05) is 0 Å². The molecule has 5 fully saturated rings. The van der Waals surface area contributed by atoms with Crippen LogP contribution < -0.4 is 0 Å². The fourth-order valence-corrected chi connectivity index (χ4v) is 7.95. The second-order valence-electron chi connectivity index (χ2n) is 7.79. The van der Waals surface area contributed by atoms with Crippen molar-refractivity contribution in [1.29, 1.82) is 0 Å². The Bertz CT molecular complexity index is 451. The predicted molar refractivity (Wildman–Crippen MR) is 72.1 cm³/mol. The minimum Gasteiger partial charge on any atom is -0.389 e. The van der Waals surface area contributed by atoms with Gasteiger partial charge in [0.1, 0.15) is 0 Å². The summed E-state index contributed by atoms with van der Waals surface area (Å²) < 4.78 is 0. The van der Waals surface area contributed by atoms with Crippen LogP contribution in [0.2, 0.25) is 0 Å². The lowest BCUT2D eigenvalue weighted by atomic mass is 9.51. The molecule has 2 N–H and O–H groups in total. The van der Waals surface area contributed by atoms with Crippen molar-refractivity contribution in [3.8, 4) is 0 Å². The molecule has 0 amide bonds. The fraction of sp³-hybridized carbons (Fsp3) is 0.765. The van der Waals surface area contributed by atoms with Crippen LogP contribution in [0.5, 0.6) is 0 Å². The first-order valence-corrected chi connectivity index (χ1v) is 7.76. The van der Waals surface area contributed by atoms with E-state index in [2.05, 4.69) is 13.2 Å². The van der Waals surface area contributed by atoms with Crippen LogP contribution in [-0.4, -0.2) is 21.4 Å². The van der Waals surface area contributed by atoms with Gasteiger partial charge in [-0.2, -0.15) is 0 Å². The van der Waals surface area contributed by atoms with E-state index in [-0.39, 0.29) is 0 Å². The normalized spacial score (nSPS) is 69.6. The Morgan fingerprint density at radius 1 is 0.842 bits per heavy atom. The van der Waals surface area contributed by atoms with E-state index in [1.54, 1.807) is 0 Å². The predicted octanol–water partition coefficient (Wildman–Crippen LogP) is 1.99. The van der Waals surface area contributed by atoms with Crippen molar-refractivity contribution >= 4 is 0 Å². The van der Waals surface area contributed by atoms with Crippen molar-refractivity contribution < 1.29 is 10.2 Å². The molecule has 0 aliphatic heterocycles. The lowest BCUT2D eigenvalue weighted by Gasteiger charge is -2.57. The smallest absolute Gasteiger partial charge is 0.0751 e. The van der Waals surface area contributed by atoms with Crippen LogP contribution >= 0.6 is 0 Å². The van der Waals surface area contributed by atoms with Gasteiger partial charge in [0.2, 0.25) is 0 Å². The minimum atomic E-state index is -0.554. The molecule has 5 aliphatic carbocycles. The third-order valence-corrected chi connectivity index (χ3v) is 7.75. The molecule has 2 nitrogen and oxygen atoms in total. The van der Waals surface area contributed by atoms with E-state index in [1.807, 2.05) is 12.2 Å². The quantitative estimate of drug-likeness (QED) is 0.757. The van der Waals surface area contributed by atoms with Crippen LogP contribution in [0.4, 0.5) is 0 Å². The molecule has 2 bridgehead atoms. The number of hydrogen-bond donors (Lipinski definition) is 2. The molecule has 0 spiro atoms. The highest BCUT2D eigenvalue weighted by atomic mass is 16.3. The molecule has 102 valence electrons. The molecule has 10 atom stereocenters. The molecule has 0 heterocycles. The number of fused-ring (bicyclic) bond motifs is 2. The second-order valence-corrected chi connectivity index (χ2v) is 7.79. The molecule has 5 rings (SSSR count). The number of hydrogen-bond acceptors (Lipinski definition) is 2. The van der Waals surface area contributed by atoms with Crippen LogP contribution in [-0.2, 0) is 0 Å². The van der Waals surface area contributed by atoms with Crippen molar-refractivity contribution in [2.75, 3.05) is 0 Å². The highest BCUT2D eigenvalue weighted by molar-refractivity contribution is 5.38. The Morgan fingerprint density at radius 3 is 1.63 bits per heavy atom. The van der Waals surface area contributed by atoms with Gasteiger partial charge in [0.05, 0.1) is 11.2 Å². The summed E-state index contributed by atoms with van der Waals surface area (Å²) in [6.07, 6.45) is 6.46. The molecule has 0 aromatic carbocycles.